The largest absolute Gasteiger partial charge is 0.379 e. The second kappa shape index (κ2) is 19.2. The standard InChI is InChI=1S/C28H42N6O6S/c29-32-19-21-7-9-22(10-8-21)27(36)31-12-4-14-39-16-18-40-17-15-38-13-3-11-30-25(35)6-2-1-5-24-26-23(20-41-24)33-28(37)34-26/h7-10,19,23-24,26H,1-6,11-18,20H2,(H,30,35)(H,31,36)(H2,33,34,37)/t23-,24?,26-/m0/s1. The molecule has 2 saturated heterocycles. The van der Waals surface area contributed by atoms with Gasteiger partial charge in [-0.3, -0.25) is 9.59 Å². The van der Waals surface area contributed by atoms with Crippen LogP contribution in [0, 0.1) is 0 Å². The van der Waals surface area contributed by atoms with Crippen LogP contribution in [0.15, 0.2) is 24.3 Å². The highest BCUT2D eigenvalue weighted by Crippen LogP contribution is 2.33. The number of thioether (sulfide) groups is 1. The van der Waals surface area contributed by atoms with E-state index in [4.69, 9.17) is 19.7 Å². The van der Waals surface area contributed by atoms with Gasteiger partial charge in [-0.05, 0) is 49.9 Å². The summed E-state index contributed by atoms with van der Waals surface area (Å²) in [7, 11) is 0. The predicted molar refractivity (Wildman–Crippen MR) is 156 cm³/mol. The highest BCUT2D eigenvalue weighted by atomic mass is 32.2. The number of ether oxygens (including phenoxy) is 3. The number of nitrogens with zero attached hydrogens (tertiary/aromatic N) is 2. The van der Waals surface area contributed by atoms with Gasteiger partial charge in [0.1, 0.15) is 0 Å². The zero-order valence-electron chi connectivity index (χ0n) is 23.5. The number of carbonyl (C=O) groups excluding carboxylic acids is 3. The van der Waals surface area contributed by atoms with Crippen molar-refractivity contribution in [1.82, 2.24) is 21.3 Å². The Labute approximate surface area is 245 Å². The molecule has 0 saturated carbocycles. The van der Waals surface area contributed by atoms with Crippen LogP contribution in [-0.4, -0.2) is 105 Å². The van der Waals surface area contributed by atoms with Gasteiger partial charge < -0.3 is 41.0 Å². The summed E-state index contributed by atoms with van der Waals surface area (Å²) >= 11 is 1.90. The average molecular weight is 591 g/mol. The Bertz CT molecular complexity index is 1010. The van der Waals surface area contributed by atoms with Crippen molar-refractivity contribution in [3.8, 4) is 0 Å². The molecule has 2 fully saturated rings. The van der Waals surface area contributed by atoms with E-state index in [0.29, 0.717) is 81.9 Å². The van der Waals surface area contributed by atoms with Gasteiger partial charge in [0.05, 0.1) is 44.1 Å². The van der Waals surface area contributed by atoms with E-state index in [9.17, 15) is 14.4 Å². The zero-order valence-corrected chi connectivity index (χ0v) is 24.3. The first-order chi connectivity index (χ1) is 20.1. The lowest BCUT2D eigenvalue weighted by Crippen LogP contribution is -2.36. The minimum absolute atomic E-state index is 0.0595. The van der Waals surface area contributed by atoms with Crippen LogP contribution >= 0.6 is 11.8 Å². The second-order valence-corrected chi connectivity index (χ2v) is 11.2. The van der Waals surface area contributed by atoms with Crippen molar-refractivity contribution < 1.29 is 33.4 Å². The molecular weight excluding hydrogens is 548 g/mol. The molecule has 0 aromatic heterocycles. The maximum absolute atomic E-state index is 12.1. The smallest absolute Gasteiger partial charge is 0.315 e. The molecule has 3 rings (SSSR count). The van der Waals surface area contributed by atoms with Crippen LogP contribution in [0.1, 0.15) is 54.4 Å². The summed E-state index contributed by atoms with van der Waals surface area (Å²) in [6.07, 6.45) is 6.13. The molecule has 0 spiro atoms. The third-order valence-electron chi connectivity index (χ3n) is 6.74. The lowest BCUT2D eigenvalue weighted by atomic mass is 10.0. The summed E-state index contributed by atoms with van der Waals surface area (Å²) < 4.78 is 16.5. The number of amides is 4. The van der Waals surface area contributed by atoms with Gasteiger partial charge in [0, 0.05) is 49.3 Å². The van der Waals surface area contributed by atoms with Gasteiger partial charge in [-0.2, -0.15) is 16.6 Å². The maximum atomic E-state index is 12.1. The van der Waals surface area contributed by atoms with Crippen molar-refractivity contribution in [2.45, 2.75) is 55.9 Å². The molecular formula is C28H42N6O6S. The molecule has 3 atom stereocenters. The SMILES string of the molecule is [N-]=[N+]=Cc1ccc(C(=O)NCCCOCCOCCOCCCNC(=O)CCCCC2SC[C@@H]3NC(=O)N[C@H]23)cc1. The fourth-order valence-corrected chi connectivity index (χ4v) is 6.12. The molecule has 1 unspecified atom stereocenters. The summed E-state index contributed by atoms with van der Waals surface area (Å²) in [6.45, 7) is 4.11. The van der Waals surface area contributed by atoms with Gasteiger partial charge in [-0.15, -0.1) is 0 Å². The number of urea groups is 1. The molecule has 12 nitrogen and oxygen atoms in total. The van der Waals surface area contributed by atoms with Crippen LogP contribution < -0.4 is 21.3 Å². The molecule has 1 aromatic rings. The summed E-state index contributed by atoms with van der Waals surface area (Å²) in [5.41, 5.74) is 9.77. The molecule has 41 heavy (non-hydrogen) atoms. The Morgan fingerprint density at radius 3 is 2.27 bits per heavy atom. The van der Waals surface area contributed by atoms with Crippen molar-refractivity contribution in [2.75, 3.05) is 58.5 Å². The van der Waals surface area contributed by atoms with Gasteiger partial charge in [0.2, 0.25) is 5.91 Å². The number of unbranched alkanes of at least 4 members (excludes halogenated alkanes) is 1. The molecule has 0 radical (unpaired) electrons. The fourth-order valence-electron chi connectivity index (χ4n) is 4.57. The van der Waals surface area contributed by atoms with Crippen molar-refractivity contribution >= 4 is 35.8 Å². The van der Waals surface area contributed by atoms with Gasteiger partial charge in [-0.1, -0.05) is 6.42 Å². The first-order valence-electron chi connectivity index (χ1n) is 14.3. The Hall–Kier alpha value is -2.96. The quantitative estimate of drug-likeness (QED) is 0.0557. The average Bonchev–Trinajstić information content (AvgIpc) is 3.52. The van der Waals surface area contributed by atoms with E-state index in [1.54, 1.807) is 24.3 Å². The normalized spacial score (nSPS) is 19.1. The molecule has 2 aliphatic heterocycles. The minimum atomic E-state index is -0.161. The molecule has 4 amide bonds. The Kier molecular flexibility index (Phi) is 15.3. The highest BCUT2D eigenvalue weighted by molar-refractivity contribution is 8.00. The van der Waals surface area contributed by atoms with Crippen LogP contribution in [0.5, 0.6) is 0 Å². The van der Waals surface area contributed by atoms with E-state index in [2.05, 4.69) is 26.1 Å². The predicted octanol–water partition coefficient (Wildman–Crippen LogP) is 1.74. The molecule has 226 valence electrons. The summed E-state index contributed by atoms with van der Waals surface area (Å²) in [5.74, 6) is 0.874. The van der Waals surface area contributed by atoms with Gasteiger partial charge in [-0.25, -0.2) is 4.79 Å². The topological polar surface area (TPSA) is 163 Å². The molecule has 13 heteroatoms. The lowest BCUT2D eigenvalue weighted by Gasteiger charge is -2.16. The molecule has 0 aliphatic carbocycles. The van der Waals surface area contributed by atoms with Crippen molar-refractivity contribution in [3.63, 3.8) is 0 Å². The van der Waals surface area contributed by atoms with E-state index in [1.807, 2.05) is 11.8 Å². The van der Waals surface area contributed by atoms with E-state index in [0.717, 1.165) is 31.4 Å². The second-order valence-electron chi connectivity index (χ2n) is 9.88. The number of carbonyl (C=O) groups is 3. The van der Waals surface area contributed by atoms with Crippen LogP contribution in [0.25, 0.3) is 5.53 Å². The first kappa shape index (κ1) is 32.6. The molecule has 0 bridgehead atoms. The number of nitrogens with one attached hydrogen (secondary N) is 4. The monoisotopic (exact) mass is 590 g/mol. The Morgan fingerprint density at radius 1 is 0.927 bits per heavy atom. The maximum Gasteiger partial charge on any atom is 0.315 e. The van der Waals surface area contributed by atoms with Crippen LogP contribution in [0.4, 0.5) is 4.79 Å². The van der Waals surface area contributed by atoms with Gasteiger partial charge in [0.15, 0.2) is 0 Å². The summed E-state index contributed by atoms with van der Waals surface area (Å²) in [4.78, 5) is 38.5. The number of hydrogen-bond donors (Lipinski definition) is 4. The molecule has 2 aliphatic rings. The Morgan fingerprint density at radius 2 is 1.59 bits per heavy atom. The number of hydrogen-bond acceptors (Lipinski definition) is 7. The fraction of sp³-hybridized carbons (Fsp3) is 0.643. The number of benzene rings is 1. The van der Waals surface area contributed by atoms with Crippen molar-refractivity contribution in [3.05, 3.63) is 40.9 Å². The van der Waals surface area contributed by atoms with Crippen molar-refractivity contribution in [2.24, 2.45) is 0 Å². The Balaban J connectivity index is 1.02. The number of rotatable bonds is 21. The van der Waals surface area contributed by atoms with Gasteiger partial charge in [0.25, 0.3) is 12.1 Å². The lowest BCUT2D eigenvalue weighted by molar-refractivity contribution is -0.121. The van der Waals surface area contributed by atoms with E-state index in [1.165, 1.54) is 6.21 Å². The molecule has 4 N–H and O–H groups in total. The van der Waals surface area contributed by atoms with Crippen LogP contribution in [0.2, 0.25) is 0 Å². The van der Waals surface area contributed by atoms with E-state index in [-0.39, 0.29) is 29.9 Å². The van der Waals surface area contributed by atoms with Crippen LogP contribution in [0.3, 0.4) is 0 Å². The van der Waals surface area contributed by atoms with Crippen LogP contribution in [-0.2, 0) is 19.0 Å². The molecule has 1 aromatic carbocycles. The van der Waals surface area contributed by atoms with E-state index >= 15 is 0 Å². The first-order valence-corrected chi connectivity index (χ1v) is 15.4. The third-order valence-corrected chi connectivity index (χ3v) is 8.25. The summed E-state index contributed by atoms with van der Waals surface area (Å²) in [6, 6.07) is 7.17. The van der Waals surface area contributed by atoms with Crippen molar-refractivity contribution in [1.29, 1.82) is 0 Å². The number of fused-ring (bicyclic) bond motifs is 1. The third kappa shape index (κ3) is 12.6. The zero-order chi connectivity index (χ0) is 29.1. The summed E-state index contributed by atoms with van der Waals surface area (Å²) in [5, 5.41) is 12.2. The highest BCUT2D eigenvalue weighted by Gasteiger charge is 2.42. The molecule has 2 heterocycles. The minimum Gasteiger partial charge on any atom is -0.379 e. The van der Waals surface area contributed by atoms with Gasteiger partial charge >= 0.3 is 6.03 Å². The van der Waals surface area contributed by atoms with E-state index < -0.39 is 0 Å².